The molecular formula is C12H13ClFN3. The first-order valence-corrected chi connectivity index (χ1v) is 5.81. The van der Waals surface area contributed by atoms with Gasteiger partial charge >= 0.3 is 0 Å². The summed E-state index contributed by atoms with van der Waals surface area (Å²) in [5.41, 5.74) is 0.650. The number of aryl methyl sites for hydroxylation is 1. The van der Waals surface area contributed by atoms with E-state index in [-0.39, 0.29) is 5.82 Å². The van der Waals surface area contributed by atoms with Crippen molar-refractivity contribution >= 4 is 23.2 Å². The molecule has 0 spiro atoms. The fourth-order valence-electron chi connectivity index (χ4n) is 1.57. The Morgan fingerprint density at radius 2 is 2.29 bits per heavy atom. The summed E-state index contributed by atoms with van der Waals surface area (Å²) in [6.07, 6.45) is 4.63. The summed E-state index contributed by atoms with van der Waals surface area (Å²) in [5.74, 6) is 0.359. The molecule has 0 atom stereocenters. The van der Waals surface area contributed by atoms with Crippen molar-refractivity contribution in [1.29, 1.82) is 0 Å². The summed E-state index contributed by atoms with van der Waals surface area (Å²) >= 11 is 5.94. The molecule has 0 unspecified atom stereocenters. The molecule has 90 valence electrons. The molecule has 2 aromatic rings. The SMILES string of the molecule is CCCn1ccnc1Nc1ccc(F)cc1Cl. The van der Waals surface area contributed by atoms with Gasteiger partial charge in [0.15, 0.2) is 0 Å². The quantitative estimate of drug-likeness (QED) is 0.898. The van der Waals surface area contributed by atoms with Crippen LogP contribution < -0.4 is 5.32 Å². The maximum Gasteiger partial charge on any atom is 0.207 e. The van der Waals surface area contributed by atoms with Gasteiger partial charge in [0.2, 0.25) is 5.95 Å². The third kappa shape index (κ3) is 2.77. The molecule has 0 radical (unpaired) electrons. The normalized spacial score (nSPS) is 10.5. The number of halogens is 2. The summed E-state index contributed by atoms with van der Waals surface area (Å²) in [4.78, 5) is 4.19. The third-order valence-electron chi connectivity index (χ3n) is 2.36. The van der Waals surface area contributed by atoms with E-state index < -0.39 is 0 Å². The molecule has 17 heavy (non-hydrogen) atoms. The number of hydrogen-bond acceptors (Lipinski definition) is 2. The molecule has 0 aliphatic rings. The van der Waals surface area contributed by atoms with Crippen molar-refractivity contribution < 1.29 is 4.39 Å². The lowest BCUT2D eigenvalue weighted by Gasteiger charge is -2.10. The predicted molar refractivity (Wildman–Crippen MR) is 67.2 cm³/mol. The van der Waals surface area contributed by atoms with E-state index in [9.17, 15) is 4.39 Å². The van der Waals surface area contributed by atoms with Gasteiger partial charge in [0.25, 0.3) is 0 Å². The maximum atomic E-state index is 12.9. The molecule has 0 bridgehead atoms. The minimum absolute atomic E-state index is 0.344. The number of nitrogens with one attached hydrogen (secondary N) is 1. The standard InChI is InChI=1S/C12H13ClFN3/c1-2-6-17-7-5-15-12(17)16-11-4-3-9(14)8-10(11)13/h3-5,7-8H,2,6H2,1H3,(H,15,16). The molecular weight excluding hydrogens is 241 g/mol. The van der Waals surface area contributed by atoms with Gasteiger partial charge in [-0.25, -0.2) is 9.37 Å². The van der Waals surface area contributed by atoms with Crippen LogP contribution in [0.3, 0.4) is 0 Å². The van der Waals surface area contributed by atoms with Gasteiger partial charge in [-0.05, 0) is 24.6 Å². The highest BCUT2D eigenvalue weighted by atomic mass is 35.5. The number of aromatic nitrogens is 2. The van der Waals surface area contributed by atoms with Gasteiger partial charge in [0, 0.05) is 18.9 Å². The van der Waals surface area contributed by atoms with Gasteiger partial charge in [-0.1, -0.05) is 18.5 Å². The minimum Gasteiger partial charge on any atom is -0.324 e. The molecule has 1 aromatic carbocycles. The predicted octanol–water partition coefficient (Wildman–Crippen LogP) is 3.83. The zero-order chi connectivity index (χ0) is 12.3. The second-order valence-corrected chi connectivity index (χ2v) is 4.10. The topological polar surface area (TPSA) is 29.9 Å². The van der Waals surface area contributed by atoms with Gasteiger partial charge in [-0.15, -0.1) is 0 Å². The van der Waals surface area contributed by atoms with E-state index in [0.29, 0.717) is 16.7 Å². The van der Waals surface area contributed by atoms with Crippen LogP contribution in [0.25, 0.3) is 0 Å². The van der Waals surface area contributed by atoms with E-state index in [2.05, 4.69) is 17.2 Å². The smallest absolute Gasteiger partial charge is 0.207 e. The molecule has 5 heteroatoms. The lowest BCUT2D eigenvalue weighted by Crippen LogP contribution is -2.03. The van der Waals surface area contributed by atoms with E-state index in [4.69, 9.17) is 11.6 Å². The molecule has 1 N–H and O–H groups in total. The Balaban J connectivity index is 2.22. The maximum absolute atomic E-state index is 12.9. The molecule has 0 saturated heterocycles. The van der Waals surface area contributed by atoms with Crippen molar-refractivity contribution in [3.05, 3.63) is 41.4 Å². The van der Waals surface area contributed by atoms with E-state index in [1.165, 1.54) is 12.1 Å². The third-order valence-corrected chi connectivity index (χ3v) is 2.67. The Bertz CT molecular complexity index is 510. The van der Waals surface area contributed by atoms with Gasteiger partial charge < -0.3 is 9.88 Å². The van der Waals surface area contributed by atoms with Crippen LogP contribution in [0, 0.1) is 5.82 Å². The monoisotopic (exact) mass is 253 g/mol. The highest BCUT2D eigenvalue weighted by molar-refractivity contribution is 6.33. The van der Waals surface area contributed by atoms with Gasteiger partial charge in [0.1, 0.15) is 5.82 Å². The molecule has 1 heterocycles. The van der Waals surface area contributed by atoms with Gasteiger partial charge in [-0.3, -0.25) is 0 Å². The van der Waals surface area contributed by atoms with E-state index in [1.54, 1.807) is 12.3 Å². The average molecular weight is 254 g/mol. The van der Waals surface area contributed by atoms with Crippen molar-refractivity contribution in [2.45, 2.75) is 19.9 Å². The van der Waals surface area contributed by atoms with Gasteiger partial charge in [0.05, 0.1) is 10.7 Å². The zero-order valence-electron chi connectivity index (χ0n) is 9.45. The average Bonchev–Trinajstić information content (AvgIpc) is 2.71. The zero-order valence-corrected chi connectivity index (χ0v) is 10.2. The Labute approximate surface area is 104 Å². The Hall–Kier alpha value is -1.55. The number of hydrogen-bond donors (Lipinski definition) is 1. The van der Waals surface area contributed by atoms with Crippen LogP contribution >= 0.6 is 11.6 Å². The number of rotatable bonds is 4. The summed E-state index contributed by atoms with van der Waals surface area (Å²) in [6, 6.07) is 4.24. The van der Waals surface area contributed by atoms with Crippen LogP contribution in [0.2, 0.25) is 5.02 Å². The summed E-state index contributed by atoms with van der Waals surface area (Å²) in [7, 11) is 0. The molecule has 3 nitrogen and oxygen atoms in total. The van der Waals surface area contributed by atoms with Crippen molar-refractivity contribution in [2.24, 2.45) is 0 Å². The van der Waals surface area contributed by atoms with E-state index in [0.717, 1.165) is 13.0 Å². The summed E-state index contributed by atoms with van der Waals surface area (Å²) < 4.78 is 14.9. The van der Waals surface area contributed by atoms with Gasteiger partial charge in [-0.2, -0.15) is 0 Å². The number of anilines is 2. The molecule has 2 rings (SSSR count). The first-order valence-electron chi connectivity index (χ1n) is 5.44. The van der Waals surface area contributed by atoms with Crippen LogP contribution in [0.1, 0.15) is 13.3 Å². The van der Waals surface area contributed by atoms with Crippen LogP contribution in [0.15, 0.2) is 30.6 Å². The molecule has 0 amide bonds. The highest BCUT2D eigenvalue weighted by Gasteiger charge is 2.06. The lowest BCUT2D eigenvalue weighted by atomic mass is 10.3. The fourth-order valence-corrected chi connectivity index (χ4v) is 1.78. The molecule has 0 aliphatic heterocycles. The molecule has 1 aromatic heterocycles. The lowest BCUT2D eigenvalue weighted by molar-refractivity contribution is 0.628. The highest BCUT2D eigenvalue weighted by Crippen LogP contribution is 2.25. The molecule has 0 aliphatic carbocycles. The number of benzene rings is 1. The summed E-state index contributed by atoms with van der Waals surface area (Å²) in [5, 5.41) is 3.43. The van der Waals surface area contributed by atoms with Crippen molar-refractivity contribution in [3.8, 4) is 0 Å². The van der Waals surface area contributed by atoms with Crippen LogP contribution in [0.5, 0.6) is 0 Å². The first-order chi connectivity index (χ1) is 8.20. The van der Waals surface area contributed by atoms with E-state index in [1.807, 2.05) is 10.8 Å². The van der Waals surface area contributed by atoms with Crippen LogP contribution in [-0.4, -0.2) is 9.55 Å². The van der Waals surface area contributed by atoms with Crippen LogP contribution in [-0.2, 0) is 6.54 Å². The first kappa shape index (κ1) is 11.9. The van der Waals surface area contributed by atoms with E-state index >= 15 is 0 Å². The Morgan fingerprint density at radius 3 is 3.00 bits per heavy atom. The minimum atomic E-state index is -0.350. The molecule has 0 saturated carbocycles. The second-order valence-electron chi connectivity index (χ2n) is 3.69. The number of nitrogens with zero attached hydrogens (tertiary/aromatic N) is 2. The van der Waals surface area contributed by atoms with Crippen molar-refractivity contribution in [1.82, 2.24) is 9.55 Å². The van der Waals surface area contributed by atoms with Crippen LogP contribution in [0.4, 0.5) is 16.0 Å². The van der Waals surface area contributed by atoms with Crippen molar-refractivity contribution in [2.75, 3.05) is 5.32 Å². The Morgan fingerprint density at radius 1 is 1.47 bits per heavy atom. The molecule has 0 fully saturated rings. The Kier molecular flexibility index (Phi) is 3.64. The fraction of sp³-hybridized carbons (Fsp3) is 0.250. The number of imidazole rings is 1. The largest absolute Gasteiger partial charge is 0.324 e. The second kappa shape index (κ2) is 5.19. The summed E-state index contributed by atoms with van der Waals surface area (Å²) in [6.45, 7) is 2.97. The van der Waals surface area contributed by atoms with Crippen molar-refractivity contribution in [3.63, 3.8) is 0 Å².